The number of Topliss-reactive ketones (excluding diaryl/α,β-unsaturated/α-hetero) is 1. The minimum absolute atomic E-state index is 0.0343. The Morgan fingerprint density at radius 1 is 1.33 bits per heavy atom. The average molecular weight is 348 g/mol. The number of fused-ring (bicyclic) bond motifs is 2. The van der Waals surface area contributed by atoms with E-state index in [1.165, 1.54) is 12.0 Å². The zero-order valence-corrected chi connectivity index (χ0v) is 15.2. The number of ether oxygens (including phenoxy) is 2. The van der Waals surface area contributed by atoms with Gasteiger partial charge in [0.05, 0.1) is 18.3 Å². The summed E-state index contributed by atoms with van der Waals surface area (Å²) < 4.78 is 11.4. The molecule has 2 aliphatic heterocycles. The van der Waals surface area contributed by atoms with E-state index in [2.05, 4.69) is 12.1 Å². The molecule has 0 N–H and O–H groups in total. The second-order valence-electron chi connectivity index (χ2n) is 7.10. The first-order chi connectivity index (χ1) is 11.4. The van der Waals surface area contributed by atoms with Crippen LogP contribution in [0.15, 0.2) is 35.2 Å². The first-order valence-corrected chi connectivity index (χ1v) is 9.40. The van der Waals surface area contributed by atoms with E-state index in [9.17, 15) is 9.59 Å². The van der Waals surface area contributed by atoms with Crippen LogP contribution in [0.1, 0.15) is 33.1 Å². The second-order valence-corrected chi connectivity index (χ2v) is 8.14. The van der Waals surface area contributed by atoms with Gasteiger partial charge in [0, 0.05) is 17.1 Å². The van der Waals surface area contributed by atoms with Gasteiger partial charge < -0.3 is 9.47 Å². The molecule has 0 radical (unpaired) electrons. The van der Waals surface area contributed by atoms with Crippen LogP contribution >= 0.6 is 11.8 Å². The molecule has 4 nitrogen and oxygen atoms in total. The van der Waals surface area contributed by atoms with Gasteiger partial charge in [-0.05, 0) is 30.9 Å². The molecule has 2 fully saturated rings. The lowest BCUT2D eigenvalue weighted by molar-refractivity contribution is -0.197. The number of carbonyl (C=O) groups excluding carboxylic acids is 2. The number of thioether (sulfide) groups is 1. The normalized spacial score (nSPS) is 32.2. The third kappa shape index (κ3) is 2.88. The number of hydrogen-bond acceptors (Lipinski definition) is 5. The van der Waals surface area contributed by atoms with Crippen LogP contribution in [-0.2, 0) is 19.1 Å². The van der Waals surface area contributed by atoms with Gasteiger partial charge in [-0.15, -0.1) is 11.8 Å². The summed E-state index contributed by atoms with van der Waals surface area (Å²) in [5.74, 6) is -0.479. The van der Waals surface area contributed by atoms with E-state index in [1.54, 1.807) is 11.8 Å². The molecule has 2 heterocycles. The zero-order valence-electron chi connectivity index (χ0n) is 14.4. The van der Waals surface area contributed by atoms with Crippen LogP contribution in [0.3, 0.4) is 0 Å². The van der Waals surface area contributed by atoms with E-state index in [0.29, 0.717) is 6.42 Å². The van der Waals surface area contributed by atoms with Crippen LogP contribution in [0, 0.1) is 11.8 Å². The van der Waals surface area contributed by atoms with E-state index >= 15 is 0 Å². The van der Waals surface area contributed by atoms with Gasteiger partial charge in [-0.3, -0.25) is 9.59 Å². The maximum Gasteiger partial charge on any atom is 0.319 e. The fourth-order valence-electron chi connectivity index (χ4n) is 4.02. The number of rotatable bonds is 5. The van der Waals surface area contributed by atoms with Crippen molar-refractivity contribution in [2.45, 2.75) is 49.2 Å². The Bertz CT molecular complexity index is 630. The maximum absolute atomic E-state index is 12.8. The van der Waals surface area contributed by atoms with Gasteiger partial charge >= 0.3 is 5.97 Å². The van der Waals surface area contributed by atoms with Gasteiger partial charge in [0.25, 0.3) is 0 Å². The molecule has 2 aliphatic rings. The lowest BCUT2D eigenvalue weighted by Crippen LogP contribution is -2.57. The van der Waals surface area contributed by atoms with Gasteiger partial charge in [0.2, 0.25) is 0 Å². The van der Waals surface area contributed by atoms with Crippen LogP contribution in [0.5, 0.6) is 0 Å². The predicted octanol–water partition coefficient (Wildman–Crippen LogP) is 3.48. The molecule has 1 aromatic rings. The van der Waals surface area contributed by atoms with E-state index in [4.69, 9.17) is 9.47 Å². The first-order valence-electron chi connectivity index (χ1n) is 8.41. The van der Waals surface area contributed by atoms with Crippen LogP contribution in [0.4, 0.5) is 0 Å². The van der Waals surface area contributed by atoms with E-state index in [0.717, 1.165) is 18.6 Å². The molecule has 3 atom stereocenters. The molecule has 0 spiro atoms. The van der Waals surface area contributed by atoms with Crippen LogP contribution in [0.25, 0.3) is 0 Å². The summed E-state index contributed by atoms with van der Waals surface area (Å²) in [6.45, 7) is 4.05. The van der Waals surface area contributed by atoms with Crippen molar-refractivity contribution in [2.75, 3.05) is 12.9 Å². The van der Waals surface area contributed by atoms with Gasteiger partial charge in [0.1, 0.15) is 5.92 Å². The Morgan fingerprint density at radius 2 is 2.04 bits per heavy atom. The van der Waals surface area contributed by atoms with Crippen LogP contribution in [-0.4, -0.2) is 35.8 Å². The van der Waals surface area contributed by atoms with E-state index < -0.39 is 23.1 Å². The molecule has 1 aromatic carbocycles. The summed E-state index contributed by atoms with van der Waals surface area (Å²) in [6, 6.07) is 10.1. The Kier molecular flexibility index (Phi) is 4.76. The van der Waals surface area contributed by atoms with Gasteiger partial charge in [0.15, 0.2) is 5.78 Å². The standard InChI is InChI=1S/C19H24O4S/c1-13(2)19-10-9-18(23-19,11-15(20)16(19)17(21)22-3)12-24-14-7-5-4-6-8-14/h4-8,13,16H,9-12H2,1-3H3/t16?,18-,19-/m1/s1. The largest absolute Gasteiger partial charge is 0.468 e. The lowest BCUT2D eigenvalue weighted by atomic mass is 9.74. The van der Waals surface area contributed by atoms with Crippen molar-refractivity contribution in [3.05, 3.63) is 30.3 Å². The number of ketones is 1. The summed E-state index contributed by atoms with van der Waals surface area (Å²) in [4.78, 5) is 26.2. The summed E-state index contributed by atoms with van der Waals surface area (Å²) >= 11 is 1.71. The van der Waals surface area contributed by atoms with Crippen molar-refractivity contribution in [3.63, 3.8) is 0 Å². The molecule has 0 amide bonds. The average Bonchev–Trinajstić information content (AvgIpc) is 2.89. The summed E-state index contributed by atoms with van der Waals surface area (Å²) in [7, 11) is 1.34. The molecular formula is C19H24O4S. The monoisotopic (exact) mass is 348 g/mol. The molecule has 2 bridgehead atoms. The highest BCUT2D eigenvalue weighted by molar-refractivity contribution is 7.99. The number of carbonyl (C=O) groups is 2. The predicted molar refractivity (Wildman–Crippen MR) is 92.9 cm³/mol. The molecule has 5 heteroatoms. The quantitative estimate of drug-likeness (QED) is 0.463. The molecule has 2 saturated heterocycles. The molecule has 24 heavy (non-hydrogen) atoms. The van der Waals surface area contributed by atoms with Crippen molar-refractivity contribution in [2.24, 2.45) is 11.8 Å². The summed E-state index contributed by atoms with van der Waals surface area (Å²) in [5, 5.41) is 0. The molecule has 3 rings (SSSR count). The van der Waals surface area contributed by atoms with Crippen molar-refractivity contribution in [1.82, 2.24) is 0 Å². The number of esters is 1. The van der Waals surface area contributed by atoms with Crippen molar-refractivity contribution >= 4 is 23.5 Å². The third-order valence-corrected chi connectivity index (χ3v) is 6.62. The van der Waals surface area contributed by atoms with E-state index in [1.807, 2.05) is 32.0 Å². The SMILES string of the molecule is COC(=O)C1C(=O)C[C@@]2(CSc3ccccc3)CC[C@]1(C(C)C)O2. The number of hydrogen-bond donors (Lipinski definition) is 0. The molecule has 1 unspecified atom stereocenters. The Labute approximate surface area is 147 Å². The van der Waals surface area contributed by atoms with Crippen LogP contribution in [0.2, 0.25) is 0 Å². The van der Waals surface area contributed by atoms with Crippen molar-refractivity contribution < 1.29 is 19.1 Å². The Morgan fingerprint density at radius 3 is 2.67 bits per heavy atom. The fraction of sp³-hybridized carbons (Fsp3) is 0.579. The highest BCUT2D eigenvalue weighted by Gasteiger charge is 2.64. The number of benzene rings is 1. The summed E-state index contributed by atoms with van der Waals surface area (Å²) in [6.07, 6.45) is 1.83. The third-order valence-electron chi connectivity index (χ3n) is 5.34. The molecular weight excluding hydrogens is 324 g/mol. The van der Waals surface area contributed by atoms with Crippen molar-refractivity contribution in [3.8, 4) is 0 Å². The minimum Gasteiger partial charge on any atom is -0.468 e. The molecule has 130 valence electrons. The minimum atomic E-state index is -0.792. The van der Waals surface area contributed by atoms with Gasteiger partial charge in [-0.25, -0.2) is 0 Å². The van der Waals surface area contributed by atoms with Gasteiger partial charge in [-0.1, -0.05) is 32.0 Å². The van der Waals surface area contributed by atoms with Crippen molar-refractivity contribution in [1.29, 1.82) is 0 Å². The topological polar surface area (TPSA) is 52.6 Å². The molecule has 0 aliphatic carbocycles. The molecule has 0 saturated carbocycles. The number of methoxy groups -OCH3 is 1. The highest BCUT2D eigenvalue weighted by atomic mass is 32.2. The second kappa shape index (κ2) is 6.52. The lowest BCUT2D eigenvalue weighted by Gasteiger charge is -2.45. The van der Waals surface area contributed by atoms with Gasteiger partial charge in [-0.2, -0.15) is 0 Å². The maximum atomic E-state index is 12.8. The van der Waals surface area contributed by atoms with E-state index in [-0.39, 0.29) is 11.7 Å². The first kappa shape index (κ1) is 17.5. The highest BCUT2D eigenvalue weighted by Crippen LogP contribution is 2.54. The zero-order chi connectivity index (χ0) is 17.4. The molecule has 0 aromatic heterocycles. The Balaban J connectivity index is 1.83. The summed E-state index contributed by atoms with van der Waals surface area (Å²) in [5.41, 5.74) is -1.19. The fourth-order valence-corrected chi connectivity index (χ4v) is 5.11. The Hall–Kier alpha value is -1.33. The smallest absolute Gasteiger partial charge is 0.319 e. The van der Waals surface area contributed by atoms with Crippen LogP contribution < -0.4 is 0 Å².